The Labute approximate surface area is 115 Å². The minimum Gasteiger partial charge on any atom is -0.298 e. The molecule has 0 saturated carbocycles. The molecule has 0 spiro atoms. The van der Waals surface area contributed by atoms with Gasteiger partial charge in [-0.2, -0.15) is 0 Å². The van der Waals surface area contributed by atoms with Crippen LogP contribution in [0.3, 0.4) is 0 Å². The number of hydrogen-bond donors (Lipinski definition) is 0. The molecule has 18 heavy (non-hydrogen) atoms. The van der Waals surface area contributed by atoms with Crippen LogP contribution in [0.1, 0.15) is 12.5 Å². The molecule has 0 N–H and O–H groups in total. The molecule has 0 bridgehead atoms. The van der Waals surface area contributed by atoms with E-state index in [0.717, 1.165) is 22.5 Å². The molecule has 0 radical (unpaired) electrons. The fourth-order valence-electron chi connectivity index (χ4n) is 2.01. The second-order valence-electron chi connectivity index (χ2n) is 4.24. The smallest absolute Gasteiger partial charge is 0.146 e. The number of fused-ring (bicyclic) bond motifs is 2. The number of rotatable bonds is 1. The summed E-state index contributed by atoms with van der Waals surface area (Å²) < 4.78 is 0. The highest BCUT2D eigenvalue weighted by Crippen LogP contribution is 2.48. The van der Waals surface area contributed by atoms with Crippen molar-refractivity contribution in [1.82, 2.24) is 0 Å². The third-order valence-corrected chi connectivity index (χ3v) is 5.51. The Morgan fingerprint density at radius 1 is 1.28 bits per heavy atom. The highest BCUT2D eigenvalue weighted by Gasteiger charge is 2.22. The van der Waals surface area contributed by atoms with Crippen LogP contribution in [0.5, 0.6) is 0 Å². The summed E-state index contributed by atoms with van der Waals surface area (Å²) >= 11 is 3.60. The van der Waals surface area contributed by atoms with E-state index in [2.05, 4.69) is 36.4 Å². The molecule has 90 valence electrons. The second-order valence-corrected chi connectivity index (χ2v) is 6.31. The van der Waals surface area contributed by atoms with Gasteiger partial charge in [0.1, 0.15) is 6.29 Å². The molecule has 0 atom stereocenters. The summed E-state index contributed by atoms with van der Waals surface area (Å²) in [7, 11) is 0. The van der Waals surface area contributed by atoms with Crippen molar-refractivity contribution < 1.29 is 4.79 Å². The normalized spacial score (nSPS) is 20.3. The van der Waals surface area contributed by atoms with Crippen molar-refractivity contribution in [3.63, 3.8) is 0 Å². The minimum absolute atomic E-state index is 0.804. The van der Waals surface area contributed by atoms with Crippen LogP contribution in [0, 0.1) is 0 Å². The molecule has 1 aromatic carbocycles. The third-order valence-electron chi connectivity index (χ3n) is 3.02. The minimum atomic E-state index is 0.804. The van der Waals surface area contributed by atoms with Crippen LogP contribution in [-0.2, 0) is 4.79 Å². The van der Waals surface area contributed by atoms with Gasteiger partial charge in [-0.3, -0.25) is 4.79 Å². The molecule has 2 aliphatic rings. The number of hydrogen-bond acceptors (Lipinski definition) is 3. The van der Waals surface area contributed by atoms with Gasteiger partial charge in [-0.05, 0) is 24.6 Å². The first-order chi connectivity index (χ1) is 8.79. The number of aldehydes is 1. The Bertz CT molecular complexity index is 609. The van der Waals surface area contributed by atoms with Crippen LogP contribution in [-0.4, -0.2) is 12.0 Å². The molecule has 0 aliphatic carbocycles. The van der Waals surface area contributed by atoms with E-state index in [1.807, 2.05) is 18.7 Å². The van der Waals surface area contributed by atoms with Gasteiger partial charge >= 0.3 is 0 Å². The maximum absolute atomic E-state index is 10.9. The third kappa shape index (κ3) is 1.98. The maximum atomic E-state index is 10.9. The number of allylic oxidation sites excluding steroid dienone is 3. The highest BCUT2D eigenvalue weighted by atomic mass is 32.2. The fourth-order valence-corrected chi connectivity index (χ4v) is 4.34. The summed E-state index contributed by atoms with van der Waals surface area (Å²) in [5.74, 6) is 1.02. The molecule has 2 heterocycles. The van der Waals surface area contributed by atoms with Crippen LogP contribution in [0.2, 0.25) is 0 Å². The van der Waals surface area contributed by atoms with Crippen molar-refractivity contribution in [2.45, 2.75) is 11.8 Å². The zero-order chi connectivity index (χ0) is 12.5. The van der Waals surface area contributed by atoms with Gasteiger partial charge in [0.05, 0.1) is 0 Å². The molecule has 0 unspecified atom stereocenters. The van der Waals surface area contributed by atoms with Crippen LogP contribution in [0.4, 0.5) is 0 Å². The van der Waals surface area contributed by atoms with Crippen LogP contribution in [0.15, 0.2) is 57.4 Å². The van der Waals surface area contributed by atoms with E-state index in [-0.39, 0.29) is 0 Å². The molecule has 0 saturated heterocycles. The molecule has 3 heteroatoms. The van der Waals surface area contributed by atoms with Gasteiger partial charge in [-0.1, -0.05) is 36.0 Å². The lowest BCUT2D eigenvalue weighted by atomic mass is 10.1. The van der Waals surface area contributed by atoms with E-state index in [4.69, 9.17) is 0 Å². The van der Waals surface area contributed by atoms with Crippen molar-refractivity contribution in [2.75, 3.05) is 5.75 Å². The summed E-state index contributed by atoms with van der Waals surface area (Å²) in [6.07, 6.45) is 5.14. The Hall–Kier alpha value is -1.19. The van der Waals surface area contributed by atoms with Gasteiger partial charge in [0.25, 0.3) is 0 Å². The molecule has 0 aromatic heterocycles. The molecule has 1 nitrogen and oxygen atoms in total. The van der Waals surface area contributed by atoms with Gasteiger partial charge < -0.3 is 0 Å². The van der Waals surface area contributed by atoms with Crippen molar-refractivity contribution in [1.29, 1.82) is 0 Å². The first kappa shape index (κ1) is 11.9. The number of thioether (sulfide) groups is 2. The molecular formula is C15H12OS2. The lowest BCUT2D eigenvalue weighted by Gasteiger charge is -2.24. The van der Waals surface area contributed by atoms with Gasteiger partial charge in [0.2, 0.25) is 0 Å². The Balaban J connectivity index is 2.09. The second kappa shape index (κ2) is 4.82. The molecule has 2 aliphatic heterocycles. The predicted octanol–water partition coefficient (Wildman–Crippen LogP) is 4.28. The molecular weight excluding hydrogens is 260 g/mol. The van der Waals surface area contributed by atoms with Crippen LogP contribution >= 0.6 is 23.5 Å². The van der Waals surface area contributed by atoms with Crippen LogP contribution in [0.25, 0.3) is 4.91 Å². The molecule has 1 aromatic rings. The van der Waals surface area contributed by atoms with E-state index in [1.54, 1.807) is 11.8 Å². The number of carbonyl (C=O) groups excluding carboxylic acids is 1. The average molecular weight is 272 g/mol. The van der Waals surface area contributed by atoms with Crippen molar-refractivity contribution in [2.24, 2.45) is 0 Å². The summed E-state index contributed by atoms with van der Waals surface area (Å²) in [4.78, 5) is 14.6. The lowest BCUT2D eigenvalue weighted by Crippen LogP contribution is -2.02. The van der Waals surface area contributed by atoms with E-state index in [0.29, 0.717) is 0 Å². The van der Waals surface area contributed by atoms with E-state index < -0.39 is 0 Å². The van der Waals surface area contributed by atoms with E-state index in [1.165, 1.54) is 20.9 Å². The van der Waals surface area contributed by atoms with E-state index in [9.17, 15) is 4.79 Å². The highest BCUT2D eigenvalue weighted by molar-refractivity contribution is 8.12. The maximum Gasteiger partial charge on any atom is 0.146 e. The van der Waals surface area contributed by atoms with E-state index >= 15 is 0 Å². The van der Waals surface area contributed by atoms with Crippen molar-refractivity contribution in [3.05, 3.63) is 58.0 Å². The SMILES string of the molecule is C/C(C=O)=C1\C=CC2=C(S1)c1ccccc1SC2. The predicted molar refractivity (Wildman–Crippen MR) is 79.6 cm³/mol. The monoisotopic (exact) mass is 272 g/mol. The average Bonchev–Trinajstić information content (AvgIpc) is 2.45. The Morgan fingerprint density at radius 2 is 2.11 bits per heavy atom. The number of carbonyl (C=O) groups is 1. The summed E-state index contributed by atoms with van der Waals surface area (Å²) in [6, 6.07) is 8.48. The number of benzene rings is 1. The quantitative estimate of drug-likeness (QED) is 0.561. The first-order valence-corrected chi connectivity index (χ1v) is 7.57. The standard InChI is InChI=1S/C15H12OS2/c1-10(8-16)13-7-6-11-9-17-14-5-3-2-4-12(14)15(11)18-13/h2-8H,9H2,1H3/b13-10-. The molecule has 0 amide bonds. The largest absolute Gasteiger partial charge is 0.298 e. The lowest BCUT2D eigenvalue weighted by molar-refractivity contribution is -0.104. The van der Waals surface area contributed by atoms with Gasteiger partial charge in [0.15, 0.2) is 0 Å². The Kier molecular flexibility index (Phi) is 3.18. The van der Waals surface area contributed by atoms with Gasteiger partial charge in [-0.15, -0.1) is 11.8 Å². The zero-order valence-electron chi connectivity index (χ0n) is 9.97. The Morgan fingerprint density at radius 3 is 2.94 bits per heavy atom. The first-order valence-electron chi connectivity index (χ1n) is 5.77. The molecule has 3 rings (SSSR count). The fraction of sp³-hybridized carbons (Fsp3) is 0.133. The summed E-state index contributed by atoms with van der Waals surface area (Å²) in [5, 5.41) is 0. The summed E-state index contributed by atoms with van der Waals surface area (Å²) in [6.45, 7) is 1.87. The molecule has 0 fully saturated rings. The van der Waals surface area contributed by atoms with Crippen molar-refractivity contribution in [3.8, 4) is 0 Å². The van der Waals surface area contributed by atoms with Crippen LogP contribution < -0.4 is 0 Å². The zero-order valence-corrected chi connectivity index (χ0v) is 11.6. The van der Waals surface area contributed by atoms with Crippen molar-refractivity contribution >= 4 is 34.7 Å². The van der Waals surface area contributed by atoms with Gasteiger partial charge in [0, 0.05) is 31.6 Å². The summed E-state index contributed by atoms with van der Waals surface area (Å²) in [5.41, 5.74) is 3.47. The van der Waals surface area contributed by atoms with Gasteiger partial charge in [-0.25, -0.2) is 0 Å². The topological polar surface area (TPSA) is 17.1 Å².